The smallest absolute Gasteiger partial charge is 0.191 e. The molecule has 2 aromatic rings. The molecule has 0 bridgehead atoms. The van der Waals surface area contributed by atoms with E-state index in [1.165, 1.54) is 5.56 Å². The fourth-order valence-electron chi connectivity index (χ4n) is 2.99. The lowest BCUT2D eigenvalue weighted by atomic mass is 10.1. The predicted octanol–water partition coefficient (Wildman–Crippen LogP) is 3.41. The topological polar surface area (TPSA) is 63.5 Å². The zero-order valence-corrected chi connectivity index (χ0v) is 17.4. The molecule has 0 aliphatic rings. The first kappa shape index (κ1) is 20.8. The van der Waals surface area contributed by atoms with Gasteiger partial charge in [0.05, 0.1) is 12.3 Å². The summed E-state index contributed by atoms with van der Waals surface area (Å²) in [5.74, 6) is 2.31. The van der Waals surface area contributed by atoms with Gasteiger partial charge in [-0.3, -0.25) is 9.67 Å². The van der Waals surface area contributed by atoms with Crippen LogP contribution < -0.4 is 15.4 Å². The first-order valence-corrected chi connectivity index (χ1v) is 9.55. The third kappa shape index (κ3) is 6.96. The van der Waals surface area contributed by atoms with E-state index in [0.717, 1.165) is 29.3 Å². The zero-order chi connectivity index (χ0) is 19.8. The van der Waals surface area contributed by atoms with Gasteiger partial charge in [0.2, 0.25) is 0 Å². The van der Waals surface area contributed by atoms with Crippen LogP contribution in [0.3, 0.4) is 0 Å². The molecule has 0 amide bonds. The van der Waals surface area contributed by atoms with Gasteiger partial charge < -0.3 is 15.4 Å². The van der Waals surface area contributed by atoms with E-state index >= 15 is 0 Å². The second kappa shape index (κ2) is 10.00. The van der Waals surface area contributed by atoms with Crippen LogP contribution in [0.25, 0.3) is 0 Å². The fraction of sp³-hybridized carbons (Fsp3) is 0.524. The second-order valence-corrected chi connectivity index (χ2v) is 7.47. The van der Waals surface area contributed by atoms with Crippen molar-refractivity contribution in [1.82, 2.24) is 20.4 Å². The van der Waals surface area contributed by atoms with Gasteiger partial charge in [-0.1, -0.05) is 26.0 Å². The van der Waals surface area contributed by atoms with Gasteiger partial charge >= 0.3 is 0 Å². The Labute approximate surface area is 163 Å². The van der Waals surface area contributed by atoms with Crippen LogP contribution in [0.4, 0.5) is 0 Å². The van der Waals surface area contributed by atoms with Crippen LogP contribution in [0.15, 0.2) is 35.6 Å². The maximum absolute atomic E-state index is 6.22. The summed E-state index contributed by atoms with van der Waals surface area (Å²) in [6, 6.07) is 6.34. The number of ether oxygens (including phenoxy) is 1. The number of nitrogens with zero attached hydrogens (tertiary/aromatic N) is 3. The van der Waals surface area contributed by atoms with Gasteiger partial charge in [-0.15, -0.1) is 0 Å². The molecule has 0 fully saturated rings. The Morgan fingerprint density at radius 3 is 2.59 bits per heavy atom. The van der Waals surface area contributed by atoms with Gasteiger partial charge in [0.1, 0.15) is 5.75 Å². The van der Waals surface area contributed by atoms with Gasteiger partial charge in [0.25, 0.3) is 0 Å². The molecule has 1 unspecified atom stereocenters. The van der Waals surface area contributed by atoms with Crippen LogP contribution in [0.2, 0.25) is 0 Å². The number of hydrogen-bond acceptors (Lipinski definition) is 3. The molecule has 0 aliphatic carbocycles. The van der Waals surface area contributed by atoms with Crippen molar-refractivity contribution in [2.45, 2.75) is 53.3 Å². The highest BCUT2D eigenvalue weighted by molar-refractivity contribution is 5.79. The van der Waals surface area contributed by atoms with Gasteiger partial charge in [-0.2, -0.15) is 5.10 Å². The third-order valence-corrected chi connectivity index (χ3v) is 4.24. The molecule has 0 saturated carbocycles. The minimum atomic E-state index is 0.188. The molecule has 0 aliphatic heterocycles. The molecule has 2 N–H and O–H groups in total. The number of guanidine groups is 1. The number of aryl methyl sites for hydroxylation is 2. The van der Waals surface area contributed by atoms with Crippen LogP contribution >= 0.6 is 0 Å². The van der Waals surface area contributed by atoms with Crippen molar-refractivity contribution in [2.75, 3.05) is 7.05 Å². The van der Waals surface area contributed by atoms with E-state index in [-0.39, 0.29) is 6.10 Å². The highest BCUT2D eigenvalue weighted by Crippen LogP contribution is 2.23. The van der Waals surface area contributed by atoms with Gasteiger partial charge in [0, 0.05) is 44.5 Å². The predicted molar refractivity (Wildman–Crippen MR) is 111 cm³/mol. The first-order chi connectivity index (χ1) is 12.9. The molecular formula is C21H33N5O. The summed E-state index contributed by atoms with van der Waals surface area (Å²) >= 11 is 0. The van der Waals surface area contributed by atoms with Crippen LogP contribution in [0.5, 0.6) is 5.75 Å². The van der Waals surface area contributed by atoms with Gasteiger partial charge in [0.15, 0.2) is 5.96 Å². The Bertz CT molecular complexity index is 751. The molecule has 1 heterocycles. The lowest BCUT2D eigenvalue weighted by molar-refractivity contribution is 0.191. The van der Waals surface area contributed by atoms with E-state index in [9.17, 15) is 0 Å². The number of hydrogen-bond donors (Lipinski definition) is 2. The summed E-state index contributed by atoms with van der Waals surface area (Å²) in [4.78, 5) is 4.30. The van der Waals surface area contributed by atoms with E-state index in [2.05, 4.69) is 66.6 Å². The quantitative estimate of drug-likeness (QED) is 0.551. The van der Waals surface area contributed by atoms with E-state index < -0.39 is 0 Å². The number of aromatic nitrogens is 2. The molecule has 1 atom stereocenters. The van der Waals surface area contributed by atoms with Crippen molar-refractivity contribution in [3.05, 3.63) is 47.3 Å². The summed E-state index contributed by atoms with van der Waals surface area (Å²) in [5.41, 5.74) is 3.44. The van der Waals surface area contributed by atoms with Crippen LogP contribution in [-0.4, -0.2) is 28.9 Å². The van der Waals surface area contributed by atoms with Crippen LogP contribution in [-0.2, 0) is 20.1 Å². The Morgan fingerprint density at radius 1 is 1.22 bits per heavy atom. The average Bonchev–Trinajstić information content (AvgIpc) is 3.01. The van der Waals surface area contributed by atoms with Crippen molar-refractivity contribution in [1.29, 1.82) is 0 Å². The Balaban J connectivity index is 1.96. The molecule has 6 heteroatoms. The molecule has 0 saturated heterocycles. The van der Waals surface area contributed by atoms with Crippen molar-refractivity contribution in [3.8, 4) is 5.75 Å². The monoisotopic (exact) mass is 371 g/mol. The molecular weight excluding hydrogens is 338 g/mol. The maximum atomic E-state index is 6.22. The fourth-order valence-corrected chi connectivity index (χ4v) is 2.99. The summed E-state index contributed by atoms with van der Waals surface area (Å²) < 4.78 is 8.02. The van der Waals surface area contributed by atoms with E-state index in [0.29, 0.717) is 19.0 Å². The molecule has 27 heavy (non-hydrogen) atoms. The molecule has 2 rings (SSSR count). The number of benzene rings is 1. The van der Waals surface area contributed by atoms with Crippen molar-refractivity contribution in [3.63, 3.8) is 0 Å². The van der Waals surface area contributed by atoms with Crippen LogP contribution in [0.1, 0.15) is 43.9 Å². The summed E-state index contributed by atoms with van der Waals surface area (Å²) in [6.07, 6.45) is 5.06. The highest BCUT2D eigenvalue weighted by atomic mass is 16.5. The maximum Gasteiger partial charge on any atom is 0.191 e. The summed E-state index contributed by atoms with van der Waals surface area (Å²) in [6.45, 7) is 9.99. The molecule has 1 aromatic carbocycles. The standard InChI is InChI=1S/C21H33N5O/c1-15(2)9-17(4)27-20-10-16(3)7-8-19(20)13-24-21(22-5)23-11-18-12-25-26(6)14-18/h7-8,10,12,14-15,17H,9,11,13H2,1-6H3,(H2,22,23,24). The SMILES string of the molecule is CN=C(NCc1cnn(C)c1)NCc1ccc(C)cc1OC(C)CC(C)C. The van der Waals surface area contributed by atoms with Crippen molar-refractivity contribution >= 4 is 5.96 Å². The average molecular weight is 372 g/mol. The Kier molecular flexibility index (Phi) is 7.70. The molecule has 1 aromatic heterocycles. The first-order valence-electron chi connectivity index (χ1n) is 9.55. The Morgan fingerprint density at radius 2 is 1.96 bits per heavy atom. The lowest BCUT2D eigenvalue weighted by Gasteiger charge is -2.20. The van der Waals surface area contributed by atoms with E-state index in [1.54, 1.807) is 11.7 Å². The molecule has 0 spiro atoms. The van der Waals surface area contributed by atoms with E-state index in [4.69, 9.17) is 4.74 Å². The minimum Gasteiger partial charge on any atom is -0.490 e. The molecule has 0 radical (unpaired) electrons. The third-order valence-electron chi connectivity index (χ3n) is 4.24. The minimum absolute atomic E-state index is 0.188. The Hall–Kier alpha value is -2.50. The largest absolute Gasteiger partial charge is 0.490 e. The number of aliphatic imine (C=N–C) groups is 1. The van der Waals surface area contributed by atoms with Gasteiger partial charge in [-0.05, 0) is 37.8 Å². The molecule has 6 nitrogen and oxygen atoms in total. The zero-order valence-electron chi connectivity index (χ0n) is 17.4. The number of nitrogens with one attached hydrogen (secondary N) is 2. The second-order valence-electron chi connectivity index (χ2n) is 7.47. The van der Waals surface area contributed by atoms with E-state index in [1.807, 2.05) is 19.4 Å². The lowest BCUT2D eigenvalue weighted by Crippen LogP contribution is -2.36. The molecule has 148 valence electrons. The van der Waals surface area contributed by atoms with Crippen molar-refractivity contribution < 1.29 is 4.74 Å². The number of rotatable bonds is 8. The summed E-state index contributed by atoms with van der Waals surface area (Å²) in [5, 5.41) is 10.9. The van der Waals surface area contributed by atoms with Crippen molar-refractivity contribution in [2.24, 2.45) is 18.0 Å². The summed E-state index contributed by atoms with van der Waals surface area (Å²) in [7, 11) is 3.69. The highest BCUT2D eigenvalue weighted by Gasteiger charge is 2.11. The van der Waals surface area contributed by atoms with Gasteiger partial charge in [-0.25, -0.2) is 0 Å². The van der Waals surface area contributed by atoms with Crippen LogP contribution in [0, 0.1) is 12.8 Å². The normalized spacial score (nSPS) is 12.9.